The molecule has 2 aliphatic rings. The number of rotatable bonds is 2. The van der Waals surface area contributed by atoms with Crippen LogP contribution in [0.2, 0.25) is 0 Å². The lowest BCUT2D eigenvalue weighted by Crippen LogP contribution is -2.41. The fourth-order valence-corrected chi connectivity index (χ4v) is 5.83. The lowest BCUT2D eigenvalue weighted by molar-refractivity contribution is 0.133. The average molecular weight is 442 g/mol. The van der Waals surface area contributed by atoms with Crippen LogP contribution in [0.5, 0.6) is 0 Å². The van der Waals surface area contributed by atoms with Gasteiger partial charge in [0.05, 0.1) is 17.5 Å². The highest BCUT2D eigenvalue weighted by atomic mass is 16.5. The van der Waals surface area contributed by atoms with Crippen LogP contribution in [0.4, 0.5) is 5.95 Å². The SMILES string of the molecule is Cc1c(-c2c[nH]c3nc(N4CCC5(CCOC5)CC4)n4ccnc4c23)ccc2nn(C)cc12. The van der Waals surface area contributed by atoms with Crippen molar-refractivity contribution >= 4 is 33.5 Å². The zero-order valence-corrected chi connectivity index (χ0v) is 19.0. The predicted octanol–water partition coefficient (Wildman–Crippen LogP) is 4.08. The molecule has 7 rings (SSSR count). The Labute approximate surface area is 191 Å². The molecule has 0 amide bonds. The molecule has 1 spiro atoms. The fraction of sp³-hybridized carbons (Fsp3) is 0.400. The molecule has 5 aromatic rings. The van der Waals surface area contributed by atoms with Crippen LogP contribution in [0.15, 0.2) is 36.9 Å². The number of anilines is 1. The summed E-state index contributed by atoms with van der Waals surface area (Å²) in [7, 11) is 1.96. The maximum Gasteiger partial charge on any atom is 0.213 e. The van der Waals surface area contributed by atoms with Crippen LogP contribution < -0.4 is 4.90 Å². The Morgan fingerprint density at radius 2 is 2.00 bits per heavy atom. The number of piperidine rings is 1. The topological polar surface area (TPSA) is 76.3 Å². The van der Waals surface area contributed by atoms with E-state index >= 15 is 0 Å². The van der Waals surface area contributed by atoms with Crippen molar-refractivity contribution in [3.05, 3.63) is 42.5 Å². The molecule has 0 radical (unpaired) electrons. The number of nitrogens with one attached hydrogen (secondary N) is 1. The van der Waals surface area contributed by atoms with Gasteiger partial charge in [-0.05, 0) is 48.8 Å². The molecule has 2 fully saturated rings. The summed E-state index contributed by atoms with van der Waals surface area (Å²) in [6, 6.07) is 4.26. The summed E-state index contributed by atoms with van der Waals surface area (Å²) in [5.41, 5.74) is 6.74. The molecule has 0 aliphatic carbocycles. The fourth-order valence-electron chi connectivity index (χ4n) is 5.83. The maximum atomic E-state index is 5.72. The van der Waals surface area contributed by atoms with Gasteiger partial charge in [0, 0.05) is 62.5 Å². The van der Waals surface area contributed by atoms with Crippen molar-refractivity contribution in [3.8, 4) is 11.1 Å². The summed E-state index contributed by atoms with van der Waals surface area (Å²) in [5, 5.41) is 6.79. The summed E-state index contributed by atoms with van der Waals surface area (Å²) in [6.07, 6.45) is 11.6. The molecular formula is C25H27N7O. The number of ether oxygens (including phenoxy) is 1. The van der Waals surface area contributed by atoms with E-state index in [-0.39, 0.29) is 0 Å². The molecule has 1 N–H and O–H groups in total. The van der Waals surface area contributed by atoms with Gasteiger partial charge in [0.25, 0.3) is 0 Å². The molecule has 4 aromatic heterocycles. The Balaban J connectivity index is 1.34. The number of aromatic nitrogens is 6. The zero-order valence-electron chi connectivity index (χ0n) is 19.0. The third-order valence-electron chi connectivity index (χ3n) is 7.81. The van der Waals surface area contributed by atoms with Gasteiger partial charge in [-0.25, -0.2) is 4.98 Å². The normalized spacial score (nSPS) is 18.4. The number of H-pyrrole nitrogens is 1. The number of nitrogens with zero attached hydrogens (tertiary/aromatic N) is 6. The number of fused-ring (bicyclic) bond motifs is 4. The van der Waals surface area contributed by atoms with Gasteiger partial charge in [0.1, 0.15) is 5.65 Å². The largest absolute Gasteiger partial charge is 0.381 e. The van der Waals surface area contributed by atoms with E-state index in [1.165, 1.54) is 22.9 Å². The minimum absolute atomic E-state index is 0.372. The Morgan fingerprint density at radius 1 is 1.12 bits per heavy atom. The monoisotopic (exact) mass is 441 g/mol. The molecule has 2 saturated heterocycles. The van der Waals surface area contributed by atoms with Crippen LogP contribution in [-0.4, -0.2) is 55.4 Å². The van der Waals surface area contributed by atoms with Crippen molar-refractivity contribution in [2.75, 3.05) is 31.2 Å². The highest BCUT2D eigenvalue weighted by Crippen LogP contribution is 2.41. The van der Waals surface area contributed by atoms with Crippen LogP contribution in [0.25, 0.3) is 38.7 Å². The van der Waals surface area contributed by atoms with Gasteiger partial charge in [0.15, 0.2) is 5.65 Å². The van der Waals surface area contributed by atoms with E-state index in [1.807, 2.05) is 24.1 Å². The van der Waals surface area contributed by atoms with Crippen LogP contribution in [-0.2, 0) is 11.8 Å². The number of aryl methyl sites for hydroxylation is 2. The van der Waals surface area contributed by atoms with Crippen molar-refractivity contribution in [1.29, 1.82) is 0 Å². The van der Waals surface area contributed by atoms with E-state index in [1.54, 1.807) is 0 Å². The number of aromatic amines is 1. The first kappa shape index (κ1) is 19.1. The Bertz CT molecular complexity index is 1510. The van der Waals surface area contributed by atoms with Crippen LogP contribution in [0.3, 0.4) is 0 Å². The van der Waals surface area contributed by atoms with Crippen molar-refractivity contribution < 1.29 is 4.74 Å². The van der Waals surface area contributed by atoms with Gasteiger partial charge in [-0.15, -0.1) is 0 Å². The second-order valence-electron chi connectivity index (χ2n) is 9.72. The quantitative estimate of drug-likeness (QED) is 0.447. The summed E-state index contributed by atoms with van der Waals surface area (Å²) in [4.78, 5) is 15.7. The van der Waals surface area contributed by atoms with E-state index in [9.17, 15) is 0 Å². The Kier molecular flexibility index (Phi) is 3.94. The van der Waals surface area contributed by atoms with Gasteiger partial charge in [-0.2, -0.15) is 10.1 Å². The molecule has 0 saturated carbocycles. The molecule has 0 unspecified atom stereocenters. The molecular weight excluding hydrogens is 414 g/mol. The third-order valence-corrected chi connectivity index (χ3v) is 7.81. The van der Waals surface area contributed by atoms with Crippen molar-refractivity contribution in [1.82, 2.24) is 29.1 Å². The molecule has 2 aliphatic heterocycles. The minimum atomic E-state index is 0.372. The van der Waals surface area contributed by atoms with Crippen LogP contribution in [0.1, 0.15) is 24.8 Å². The first-order chi connectivity index (χ1) is 16.1. The molecule has 8 heteroatoms. The van der Waals surface area contributed by atoms with Gasteiger partial charge < -0.3 is 14.6 Å². The van der Waals surface area contributed by atoms with E-state index in [0.29, 0.717) is 5.41 Å². The third kappa shape index (κ3) is 2.76. The second kappa shape index (κ2) is 6.81. The van der Waals surface area contributed by atoms with Crippen LogP contribution in [0, 0.1) is 12.3 Å². The maximum absolute atomic E-state index is 5.72. The van der Waals surface area contributed by atoms with Crippen molar-refractivity contribution in [2.24, 2.45) is 12.5 Å². The molecule has 0 bridgehead atoms. The summed E-state index contributed by atoms with van der Waals surface area (Å²) in [6.45, 7) is 5.98. The van der Waals surface area contributed by atoms with E-state index < -0.39 is 0 Å². The lowest BCUT2D eigenvalue weighted by atomic mass is 9.78. The van der Waals surface area contributed by atoms with Gasteiger partial charge in [-0.3, -0.25) is 9.08 Å². The van der Waals surface area contributed by atoms with Crippen molar-refractivity contribution in [2.45, 2.75) is 26.2 Å². The molecule has 6 heterocycles. The van der Waals surface area contributed by atoms with Crippen molar-refractivity contribution in [3.63, 3.8) is 0 Å². The first-order valence-corrected chi connectivity index (χ1v) is 11.7. The van der Waals surface area contributed by atoms with E-state index in [4.69, 9.17) is 14.7 Å². The standard InChI is InChI=1S/C25H27N7O/c1-16-17(3-4-20-19(16)14-30(2)29-20)18-13-27-22-21(18)23-26-8-11-32(23)24(28-22)31-9-5-25(6-10-31)7-12-33-15-25/h3-4,8,11,13-14,27H,5-7,9-10,12,15H2,1-2H3. The van der Waals surface area contributed by atoms with Gasteiger partial charge in [0.2, 0.25) is 5.95 Å². The summed E-state index contributed by atoms with van der Waals surface area (Å²) < 4.78 is 9.74. The summed E-state index contributed by atoms with van der Waals surface area (Å²) >= 11 is 0. The summed E-state index contributed by atoms with van der Waals surface area (Å²) in [5.74, 6) is 0.969. The predicted molar refractivity (Wildman–Crippen MR) is 129 cm³/mol. The molecule has 33 heavy (non-hydrogen) atoms. The molecule has 168 valence electrons. The highest BCUT2D eigenvalue weighted by Gasteiger charge is 2.38. The van der Waals surface area contributed by atoms with E-state index in [2.05, 4.69) is 50.8 Å². The smallest absolute Gasteiger partial charge is 0.213 e. The number of imidazole rings is 1. The van der Waals surface area contributed by atoms with E-state index in [0.717, 1.165) is 72.9 Å². The zero-order chi connectivity index (χ0) is 22.2. The van der Waals surface area contributed by atoms with Crippen LogP contribution >= 0.6 is 0 Å². The second-order valence-corrected chi connectivity index (χ2v) is 9.72. The molecule has 0 atom stereocenters. The first-order valence-electron chi connectivity index (χ1n) is 11.7. The Morgan fingerprint density at radius 3 is 2.82 bits per heavy atom. The van der Waals surface area contributed by atoms with Gasteiger partial charge >= 0.3 is 0 Å². The average Bonchev–Trinajstić information content (AvgIpc) is 3.60. The lowest BCUT2D eigenvalue weighted by Gasteiger charge is -2.38. The van der Waals surface area contributed by atoms with Gasteiger partial charge in [-0.1, -0.05) is 6.07 Å². The number of hydrogen-bond acceptors (Lipinski definition) is 5. The minimum Gasteiger partial charge on any atom is -0.381 e. The Hall–Kier alpha value is -3.39. The highest BCUT2D eigenvalue weighted by molar-refractivity contribution is 6.05. The number of benzene rings is 1. The molecule has 1 aromatic carbocycles. The molecule has 8 nitrogen and oxygen atoms in total. The number of hydrogen-bond donors (Lipinski definition) is 1.